The third-order valence-corrected chi connectivity index (χ3v) is 3.62. The van der Waals surface area contributed by atoms with E-state index in [1.54, 1.807) is 14.0 Å². The first-order valence-electron chi connectivity index (χ1n) is 5.69. The maximum absolute atomic E-state index is 13.5. The summed E-state index contributed by atoms with van der Waals surface area (Å²) < 4.78 is 21.0. The van der Waals surface area contributed by atoms with Crippen LogP contribution in [0.4, 0.5) is 4.39 Å². The Labute approximate surface area is 133 Å². The lowest BCUT2D eigenvalue weighted by atomic mass is 10.2. The summed E-state index contributed by atoms with van der Waals surface area (Å²) in [6.07, 6.45) is 0. The molecule has 6 nitrogen and oxygen atoms in total. The fourth-order valence-electron chi connectivity index (χ4n) is 1.79. The van der Waals surface area contributed by atoms with E-state index in [0.29, 0.717) is 15.7 Å². The van der Waals surface area contributed by atoms with Crippen molar-refractivity contribution in [2.45, 2.75) is 6.92 Å². The summed E-state index contributed by atoms with van der Waals surface area (Å²) in [6, 6.07) is 2.50. The molecule has 0 saturated carbocycles. The second-order valence-corrected chi connectivity index (χ2v) is 5.43. The first kappa shape index (κ1) is 15.6. The summed E-state index contributed by atoms with van der Waals surface area (Å²) in [5.41, 5.74) is 6.44. The second kappa shape index (κ2) is 5.90. The zero-order valence-electron chi connectivity index (χ0n) is 11.1. The zero-order chi connectivity index (χ0) is 15.7. The van der Waals surface area contributed by atoms with Crippen LogP contribution in [0.3, 0.4) is 0 Å². The van der Waals surface area contributed by atoms with Gasteiger partial charge in [0.05, 0.1) is 15.2 Å². The van der Waals surface area contributed by atoms with Crippen molar-refractivity contribution in [1.29, 1.82) is 0 Å². The average molecular weight is 378 g/mol. The van der Waals surface area contributed by atoms with Gasteiger partial charge in [0.1, 0.15) is 17.1 Å². The molecule has 0 aliphatic rings. The van der Waals surface area contributed by atoms with Crippen LogP contribution in [-0.2, 0) is 7.05 Å². The van der Waals surface area contributed by atoms with Crippen LogP contribution in [-0.4, -0.2) is 20.8 Å². The predicted molar refractivity (Wildman–Crippen MR) is 79.6 cm³/mol. The van der Waals surface area contributed by atoms with Gasteiger partial charge < -0.3 is 15.7 Å². The number of oxime groups is 1. The van der Waals surface area contributed by atoms with Crippen LogP contribution in [0.5, 0.6) is 11.6 Å². The molecule has 112 valence electrons. The van der Waals surface area contributed by atoms with Crippen molar-refractivity contribution < 1.29 is 14.3 Å². The highest BCUT2D eigenvalue weighted by molar-refractivity contribution is 9.10. The molecule has 1 aromatic heterocycles. The normalized spacial score (nSPS) is 11.8. The summed E-state index contributed by atoms with van der Waals surface area (Å²) >= 11 is 8.91. The first-order valence-corrected chi connectivity index (χ1v) is 6.86. The van der Waals surface area contributed by atoms with E-state index in [2.05, 4.69) is 26.2 Å². The minimum Gasteiger partial charge on any atom is -0.437 e. The Morgan fingerprint density at radius 3 is 2.86 bits per heavy atom. The average Bonchev–Trinajstić information content (AvgIpc) is 2.69. The van der Waals surface area contributed by atoms with E-state index in [9.17, 15) is 4.39 Å². The summed E-state index contributed by atoms with van der Waals surface area (Å²) in [4.78, 5) is 0. The summed E-state index contributed by atoms with van der Waals surface area (Å²) in [5.74, 6) is -0.377. The lowest BCUT2D eigenvalue weighted by Gasteiger charge is -2.10. The van der Waals surface area contributed by atoms with E-state index in [0.717, 1.165) is 6.07 Å². The molecule has 2 rings (SSSR count). The molecule has 2 aromatic rings. The molecule has 0 bridgehead atoms. The number of hydrogen-bond donors (Lipinski definition) is 2. The molecule has 9 heteroatoms. The molecule has 0 aliphatic carbocycles. The number of amidine groups is 1. The Kier molecular flexibility index (Phi) is 4.38. The van der Waals surface area contributed by atoms with Gasteiger partial charge >= 0.3 is 0 Å². The van der Waals surface area contributed by atoms with Crippen molar-refractivity contribution in [2.75, 3.05) is 0 Å². The molecule has 0 spiro atoms. The number of benzene rings is 1. The van der Waals surface area contributed by atoms with Crippen LogP contribution in [0, 0.1) is 12.7 Å². The minimum atomic E-state index is -0.626. The van der Waals surface area contributed by atoms with Crippen LogP contribution in [0.1, 0.15) is 11.3 Å². The smallest absolute Gasteiger partial charge is 0.229 e. The monoisotopic (exact) mass is 376 g/mol. The Morgan fingerprint density at radius 1 is 1.57 bits per heavy atom. The molecule has 0 saturated heterocycles. The Hall–Kier alpha value is -1.80. The van der Waals surface area contributed by atoms with E-state index in [1.165, 1.54) is 10.7 Å². The second-order valence-electron chi connectivity index (χ2n) is 4.17. The topological polar surface area (TPSA) is 85.7 Å². The Morgan fingerprint density at radius 2 is 2.24 bits per heavy atom. The first-order chi connectivity index (χ1) is 9.85. The molecule has 0 aliphatic heterocycles. The molecule has 1 heterocycles. The molecule has 0 atom stereocenters. The maximum atomic E-state index is 13.5. The number of ether oxygens (including phenoxy) is 1. The van der Waals surface area contributed by atoms with Gasteiger partial charge in [-0.1, -0.05) is 16.8 Å². The predicted octanol–water partition coefficient (Wildman–Crippen LogP) is 3.17. The molecule has 0 amide bonds. The molecule has 1 aromatic carbocycles. The zero-order valence-corrected chi connectivity index (χ0v) is 13.4. The molecule has 0 fully saturated rings. The largest absolute Gasteiger partial charge is 0.437 e. The number of hydrogen-bond acceptors (Lipinski definition) is 4. The fourth-order valence-corrected chi connectivity index (χ4v) is 2.51. The van der Waals surface area contributed by atoms with Gasteiger partial charge in [-0.05, 0) is 28.9 Å². The van der Waals surface area contributed by atoms with Crippen molar-refractivity contribution in [2.24, 2.45) is 17.9 Å². The summed E-state index contributed by atoms with van der Waals surface area (Å²) in [7, 11) is 1.62. The van der Waals surface area contributed by atoms with Crippen LogP contribution in [0.15, 0.2) is 21.8 Å². The van der Waals surface area contributed by atoms with Crippen molar-refractivity contribution in [1.82, 2.24) is 9.78 Å². The van der Waals surface area contributed by atoms with Gasteiger partial charge in [0, 0.05) is 13.1 Å². The third-order valence-electron chi connectivity index (χ3n) is 2.71. The van der Waals surface area contributed by atoms with Gasteiger partial charge in [-0.2, -0.15) is 5.10 Å². The highest BCUT2D eigenvalue weighted by Gasteiger charge is 2.20. The van der Waals surface area contributed by atoms with E-state index >= 15 is 0 Å². The quantitative estimate of drug-likeness (QED) is 0.283. The highest BCUT2D eigenvalue weighted by Crippen LogP contribution is 2.35. The Bertz CT molecular complexity index is 733. The van der Waals surface area contributed by atoms with Crippen LogP contribution >= 0.6 is 27.5 Å². The lowest BCUT2D eigenvalue weighted by molar-refractivity contribution is 0.318. The fraction of sp³-hybridized carbons (Fsp3) is 0.167. The van der Waals surface area contributed by atoms with Crippen LogP contribution < -0.4 is 10.5 Å². The number of aryl methyl sites for hydroxylation is 2. The molecular formula is C12H11BrClFN4O2. The van der Waals surface area contributed by atoms with Crippen molar-refractivity contribution in [3.8, 4) is 11.6 Å². The highest BCUT2D eigenvalue weighted by atomic mass is 79.9. The standard InChI is InChI=1S/C12H11BrClFN4O2/c1-5-10(11(16)18-20)12(19(2)17-5)21-9-4-8(15)7(14)3-6(9)13/h3-4,20H,1-2H3,(H2,16,18). The van der Waals surface area contributed by atoms with Gasteiger partial charge in [-0.25, -0.2) is 9.07 Å². The van der Waals surface area contributed by atoms with E-state index < -0.39 is 5.82 Å². The number of aromatic nitrogens is 2. The number of halogens is 3. The molecule has 21 heavy (non-hydrogen) atoms. The number of nitrogens with zero attached hydrogens (tertiary/aromatic N) is 3. The summed E-state index contributed by atoms with van der Waals surface area (Å²) in [6.45, 7) is 1.68. The minimum absolute atomic E-state index is 0.0351. The lowest BCUT2D eigenvalue weighted by Crippen LogP contribution is -2.15. The third kappa shape index (κ3) is 2.96. The van der Waals surface area contributed by atoms with E-state index in [4.69, 9.17) is 27.3 Å². The van der Waals surface area contributed by atoms with Gasteiger partial charge in [0.2, 0.25) is 5.88 Å². The SMILES string of the molecule is Cc1nn(C)c(Oc2cc(F)c(Cl)cc2Br)c1/C(N)=N/O. The van der Waals surface area contributed by atoms with Crippen molar-refractivity contribution >= 4 is 33.4 Å². The van der Waals surface area contributed by atoms with Crippen LogP contribution in [0.25, 0.3) is 0 Å². The number of rotatable bonds is 3. The van der Waals surface area contributed by atoms with Crippen molar-refractivity contribution in [3.63, 3.8) is 0 Å². The Balaban J connectivity index is 2.52. The van der Waals surface area contributed by atoms with Crippen molar-refractivity contribution in [3.05, 3.63) is 38.7 Å². The van der Waals surface area contributed by atoms with Gasteiger partial charge in [0.15, 0.2) is 5.84 Å². The van der Waals surface area contributed by atoms with Gasteiger partial charge in [-0.15, -0.1) is 0 Å². The molecule has 3 N–H and O–H groups in total. The van der Waals surface area contributed by atoms with E-state index in [-0.39, 0.29) is 22.5 Å². The molecule has 0 radical (unpaired) electrons. The van der Waals surface area contributed by atoms with Crippen LogP contribution in [0.2, 0.25) is 5.02 Å². The number of nitrogens with two attached hydrogens (primary N) is 1. The maximum Gasteiger partial charge on any atom is 0.229 e. The van der Waals surface area contributed by atoms with E-state index in [1.807, 2.05) is 0 Å². The summed E-state index contributed by atoms with van der Waals surface area (Å²) in [5, 5.41) is 15.9. The van der Waals surface area contributed by atoms with Gasteiger partial charge in [0.25, 0.3) is 0 Å². The van der Waals surface area contributed by atoms with Gasteiger partial charge in [-0.3, -0.25) is 0 Å². The molecular weight excluding hydrogens is 367 g/mol. The molecule has 0 unspecified atom stereocenters.